The SMILES string of the molecule is CC(C)CC=O.O=NNC(=O)c1ccc2c(c1)nc(-c1ccc3nc(-c4ccccc4)cnc3c1)n2C1CCCCC1. The van der Waals surface area contributed by atoms with Crippen molar-refractivity contribution in [1.29, 1.82) is 0 Å². The Balaban J connectivity index is 0.000000535. The molecule has 0 saturated heterocycles. The highest BCUT2D eigenvalue weighted by molar-refractivity contribution is 5.98. The van der Waals surface area contributed by atoms with Gasteiger partial charge in [0, 0.05) is 29.2 Å². The van der Waals surface area contributed by atoms with Gasteiger partial charge >= 0.3 is 0 Å². The van der Waals surface area contributed by atoms with E-state index in [1.165, 1.54) is 19.3 Å². The molecule has 0 aliphatic heterocycles. The van der Waals surface area contributed by atoms with E-state index in [9.17, 15) is 14.5 Å². The summed E-state index contributed by atoms with van der Waals surface area (Å²) in [6, 6.07) is 21.7. The summed E-state index contributed by atoms with van der Waals surface area (Å²) in [7, 11) is 0. The number of benzene rings is 3. The fourth-order valence-electron chi connectivity index (χ4n) is 5.35. The molecule has 0 radical (unpaired) electrons. The third kappa shape index (κ3) is 6.40. The normalized spacial score (nSPS) is 13.5. The molecule has 1 aliphatic rings. The summed E-state index contributed by atoms with van der Waals surface area (Å²) in [5, 5.41) is 2.50. The van der Waals surface area contributed by atoms with Gasteiger partial charge in [0.1, 0.15) is 12.1 Å². The fourth-order valence-corrected chi connectivity index (χ4v) is 5.35. The van der Waals surface area contributed by atoms with E-state index in [2.05, 4.69) is 9.85 Å². The zero-order valence-electron chi connectivity index (χ0n) is 23.9. The molecule has 0 unspecified atom stereocenters. The van der Waals surface area contributed by atoms with Gasteiger partial charge in [0.15, 0.2) is 0 Å². The number of carbonyl (C=O) groups is 2. The largest absolute Gasteiger partial charge is 0.321 e. The number of nitroso groups, excluding NO2 is 1. The molecule has 9 heteroatoms. The van der Waals surface area contributed by atoms with Gasteiger partial charge < -0.3 is 9.36 Å². The number of nitrogens with one attached hydrogen (secondary N) is 1. The average molecular weight is 563 g/mol. The first-order chi connectivity index (χ1) is 20.5. The van der Waals surface area contributed by atoms with Crippen LogP contribution in [-0.4, -0.2) is 31.7 Å². The van der Waals surface area contributed by atoms with Gasteiger partial charge in [-0.1, -0.05) is 63.4 Å². The first-order valence-corrected chi connectivity index (χ1v) is 14.4. The molecular weight excluding hydrogens is 528 g/mol. The summed E-state index contributed by atoms with van der Waals surface area (Å²) in [6.07, 6.45) is 9.23. The van der Waals surface area contributed by atoms with E-state index >= 15 is 0 Å². The summed E-state index contributed by atoms with van der Waals surface area (Å²) in [5.74, 6) is 0.831. The second-order valence-corrected chi connectivity index (χ2v) is 11.0. The number of aromatic nitrogens is 4. The topological polar surface area (TPSA) is 119 Å². The van der Waals surface area contributed by atoms with Crippen molar-refractivity contribution in [3.05, 3.63) is 83.4 Å². The number of nitrogens with zero attached hydrogens (tertiary/aromatic N) is 5. The maximum absolute atomic E-state index is 12.2. The first kappa shape index (κ1) is 28.7. The molecule has 6 rings (SSSR count). The molecule has 2 aromatic heterocycles. The molecule has 42 heavy (non-hydrogen) atoms. The summed E-state index contributed by atoms with van der Waals surface area (Å²) >= 11 is 0. The summed E-state index contributed by atoms with van der Waals surface area (Å²) in [6.45, 7) is 4.04. The van der Waals surface area contributed by atoms with E-state index in [-0.39, 0.29) is 0 Å². The Hall–Kier alpha value is -4.79. The number of imidazole rings is 1. The predicted octanol–water partition coefficient (Wildman–Crippen LogP) is 7.46. The molecule has 5 aromatic rings. The van der Waals surface area contributed by atoms with E-state index in [0.29, 0.717) is 29.5 Å². The number of hydrogen-bond acceptors (Lipinski definition) is 7. The fraction of sp³-hybridized carbons (Fsp3) is 0.303. The minimum atomic E-state index is -0.545. The lowest BCUT2D eigenvalue weighted by Crippen LogP contribution is -2.16. The Labute approximate surface area is 244 Å². The van der Waals surface area contributed by atoms with E-state index in [0.717, 1.165) is 58.3 Å². The predicted molar refractivity (Wildman–Crippen MR) is 165 cm³/mol. The van der Waals surface area contributed by atoms with Crippen LogP contribution in [0.15, 0.2) is 78.2 Å². The van der Waals surface area contributed by atoms with Gasteiger partial charge in [0.25, 0.3) is 5.91 Å². The van der Waals surface area contributed by atoms with Crippen LogP contribution in [0.2, 0.25) is 0 Å². The van der Waals surface area contributed by atoms with Crippen molar-refractivity contribution >= 4 is 34.3 Å². The lowest BCUT2D eigenvalue weighted by Gasteiger charge is -2.25. The molecule has 1 aliphatic carbocycles. The quantitative estimate of drug-likeness (QED) is 0.125. The standard InChI is InChI=1S/C28H24N6O2.C5H10O/c35-28(32-33-36)20-12-14-26-24(16-20)31-27(34(26)21-9-5-2-6-10-21)19-11-13-22-23(15-19)29-17-25(30-22)18-7-3-1-4-8-18;1-5(2)3-4-6/h1,3-4,7-8,11-17,21H,2,5-6,9-10H2,(H,32,35,36);4-5H,3H2,1-2H3. The maximum atomic E-state index is 12.2. The molecule has 1 amide bonds. The number of aldehydes is 1. The van der Waals surface area contributed by atoms with Crippen LogP contribution >= 0.6 is 0 Å². The molecule has 0 atom stereocenters. The van der Waals surface area contributed by atoms with Gasteiger partial charge in [0.2, 0.25) is 0 Å². The van der Waals surface area contributed by atoms with Crippen molar-refractivity contribution in [2.45, 2.75) is 58.4 Å². The van der Waals surface area contributed by atoms with Crippen molar-refractivity contribution in [3.8, 4) is 22.6 Å². The van der Waals surface area contributed by atoms with Crippen LogP contribution in [0.3, 0.4) is 0 Å². The monoisotopic (exact) mass is 562 g/mol. The van der Waals surface area contributed by atoms with E-state index in [1.807, 2.05) is 73.9 Å². The van der Waals surface area contributed by atoms with Crippen LogP contribution in [0.1, 0.15) is 68.8 Å². The van der Waals surface area contributed by atoms with Crippen LogP contribution in [0, 0.1) is 10.8 Å². The molecule has 1 saturated carbocycles. The van der Waals surface area contributed by atoms with Gasteiger partial charge in [-0.3, -0.25) is 9.78 Å². The number of rotatable bonds is 7. The molecule has 9 nitrogen and oxygen atoms in total. The lowest BCUT2D eigenvalue weighted by atomic mass is 9.94. The van der Waals surface area contributed by atoms with Gasteiger partial charge in [-0.05, 0) is 55.2 Å². The highest BCUT2D eigenvalue weighted by atomic mass is 16.3. The number of carbonyl (C=O) groups excluding carboxylic acids is 2. The van der Waals surface area contributed by atoms with Crippen LogP contribution in [0.25, 0.3) is 44.7 Å². The van der Waals surface area contributed by atoms with E-state index < -0.39 is 5.91 Å². The van der Waals surface area contributed by atoms with Crippen molar-refractivity contribution < 1.29 is 9.59 Å². The Morgan fingerprint density at radius 3 is 2.43 bits per heavy atom. The third-order valence-electron chi connectivity index (χ3n) is 7.48. The highest BCUT2D eigenvalue weighted by Gasteiger charge is 2.23. The molecule has 1 N–H and O–H groups in total. The molecular formula is C33H34N6O3. The number of fused-ring (bicyclic) bond motifs is 2. The molecule has 2 heterocycles. The van der Waals surface area contributed by atoms with Gasteiger partial charge in [0.05, 0.1) is 39.2 Å². The molecule has 0 spiro atoms. The van der Waals surface area contributed by atoms with Crippen LogP contribution in [0.5, 0.6) is 0 Å². The Bertz CT molecular complexity index is 1710. The van der Waals surface area contributed by atoms with E-state index in [4.69, 9.17) is 15.0 Å². The molecule has 0 bridgehead atoms. The van der Waals surface area contributed by atoms with E-state index in [1.54, 1.807) is 18.3 Å². The molecule has 3 aromatic carbocycles. The lowest BCUT2D eigenvalue weighted by molar-refractivity contribution is -0.108. The average Bonchev–Trinajstić information content (AvgIpc) is 3.41. The molecule has 1 fully saturated rings. The minimum absolute atomic E-state index is 0.331. The van der Waals surface area contributed by atoms with Crippen molar-refractivity contribution in [3.63, 3.8) is 0 Å². The number of amides is 1. The van der Waals surface area contributed by atoms with Crippen LogP contribution < -0.4 is 5.43 Å². The van der Waals surface area contributed by atoms with Gasteiger partial charge in [-0.2, -0.15) is 0 Å². The zero-order chi connectivity index (χ0) is 29.5. The maximum Gasteiger partial charge on any atom is 0.274 e. The Kier molecular flexibility index (Phi) is 9.06. The van der Waals surface area contributed by atoms with Crippen LogP contribution in [-0.2, 0) is 4.79 Å². The zero-order valence-corrected chi connectivity index (χ0v) is 23.9. The highest BCUT2D eigenvalue weighted by Crippen LogP contribution is 2.36. The van der Waals surface area contributed by atoms with Crippen molar-refractivity contribution in [1.82, 2.24) is 24.9 Å². The van der Waals surface area contributed by atoms with Crippen LogP contribution in [0.4, 0.5) is 0 Å². The van der Waals surface area contributed by atoms with Crippen molar-refractivity contribution in [2.24, 2.45) is 11.2 Å². The molecule has 214 valence electrons. The summed E-state index contributed by atoms with van der Waals surface area (Å²) in [5.41, 5.74) is 8.42. The summed E-state index contributed by atoms with van der Waals surface area (Å²) < 4.78 is 2.31. The minimum Gasteiger partial charge on any atom is -0.321 e. The second-order valence-electron chi connectivity index (χ2n) is 11.0. The first-order valence-electron chi connectivity index (χ1n) is 14.4. The Morgan fingerprint density at radius 1 is 0.952 bits per heavy atom. The van der Waals surface area contributed by atoms with Gasteiger partial charge in [-0.25, -0.2) is 15.4 Å². The second kappa shape index (κ2) is 13.2. The summed E-state index contributed by atoms with van der Waals surface area (Å²) in [4.78, 5) is 46.8. The van der Waals surface area contributed by atoms with Crippen molar-refractivity contribution in [2.75, 3.05) is 0 Å². The van der Waals surface area contributed by atoms with Gasteiger partial charge in [-0.15, -0.1) is 4.91 Å². The smallest absolute Gasteiger partial charge is 0.274 e. The third-order valence-corrected chi connectivity index (χ3v) is 7.48. The number of hydrogen-bond donors (Lipinski definition) is 1. The Morgan fingerprint density at radius 2 is 1.74 bits per heavy atom.